The monoisotopic (exact) mass is 249 g/mol. The summed E-state index contributed by atoms with van der Waals surface area (Å²) >= 11 is 0. The third kappa shape index (κ3) is 2.08. The van der Waals surface area contributed by atoms with Crippen LogP contribution in [-0.4, -0.2) is 22.7 Å². The number of hydrogen-bond acceptors (Lipinski definition) is 3. The van der Waals surface area contributed by atoms with Crippen LogP contribution >= 0.6 is 0 Å². The van der Waals surface area contributed by atoms with Crippen LogP contribution in [0.15, 0.2) is 6.07 Å². The highest BCUT2D eigenvalue weighted by Gasteiger charge is 2.32. The maximum absolute atomic E-state index is 11.0. The zero-order valence-electron chi connectivity index (χ0n) is 10.9. The molecule has 1 aliphatic rings. The topological polar surface area (TPSA) is 69.6 Å². The van der Waals surface area contributed by atoms with E-state index in [-0.39, 0.29) is 12.0 Å². The average molecular weight is 249 g/mol. The van der Waals surface area contributed by atoms with E-state index in [1.165, 1.54) is 0 Å². The number of carbonyl (C=O) groups is 1. The number of rotatable bonds is 2. The summed E-state index contributed by atoms with van der Waals surface area (Å²) in [6, 6.07) is 1.98. The number of nitrogens with one attached hydrogen (secondary N) is 1. The molecule has 2 unspecified atom stereocenters. The minimum absolute atomic E-state index is 0.0644. The van der Waals surface area contributed by atoms with Crippen LogP contribution in [0.2, 0.25) is 0 Å². The molecule has 3 N–H and O–H groups in total. The summed E-state index contributed by atoms with van der Waals surface area (Å²) in [5.74, 6) is -0.836. The molecular formula is C14H19NO3. The zero-order chi connectivity index (χ0) is 13.4. The second kappa shape index (κ2) is 4.61. The summed E-state index contributed by atoms with van der Waals surface area (Å²) in [7, 11) is 0. The minimum Gasteiger partial charge on any atom is -0.507 e. The first kappa shape index (κ1) is 12.9. The lowest BCUT2D eigenvalue weighted by Gasteiger charge is -2.18. The molecule has 18 heavy (non-hydrogen) atoms. The van der Waals surface area contributed by atoms with E-state index in [4.69, 9.17) is 5.11 Å². The number of phenolic OH excluding ortho intramolecular Hbond substituents is 1. The van der Waals surface area contributed by atoms with Crippen molar-refractivity contribution in [1.82, 2.24) is 5.32 Å². The first-order chi connectivity index (χ1) is 8.41. The third-order valence-electron chi connectivity index (χ3n) is 3.89. The Bertz CT molecular complexity index is 496. The molecular weight excluding hydrogens is 230 g/mol. The van der Waals surface area contributed by atoms with Gasteiger partial charge in [0.15, 0.2) is 0 Å². The smallest absolute Gasteiger partial charge is 0.307 e. The van der Waals surface area contributed by atoms with Crippen LogP contribution in [-0.2, 0) is 4.79 Å². The van der Waals surface area contributed by atoms with E-state index in [9.17, 15) is 9.90 Å². The molecule has 0 bridgehead atoms. The molecule has 0 saturated carbocycles. The SMILES string of the molecule is Cc1cc(C)c(C2CC(C(=O)O)CN2)c(O)c1C. The number of phenols is 1. The number of carboxylic acid groups (broad SMARTS) is 1. The second-order valence-electron chi connectivity index (χ2n) is 5.13. The second-order valence-corrected chi connectivity index (χ2v) is 5.13. The molecule has 2 atom stereocenters. The predicted molar refractivity (Wildman–Crippen MR) is 68.8 cm³/mol. The van der Waals surface area contributed by atoms with E-state index in [1.807, 2.05) is 26.8 Å². The van der Waals surface area contributed by atoms with Gasteiger partial charge >= 0.3 is 5.97 Å². The van der Waals surface area contributed by atoms with Crippen molar-refractivity contribution < 1.29 is 15.0 Å². The summed E-state index contributed by atoms with van der Waals surface area (Å²) in [5.41, 5.74) is 3.79. The van der Waals surface area contributed by atoms with Gasteiger partial charge in [-0.05, 0) is 43.9 Å². The maximum atomic E-state index is 11.0. The number of aryl methyl sites for hydroxylation is 2. The molecule has 2 rings (SSSR count). The third-order valence-corrected chi connectivity index (χ3v) is 3.89. The average Bonchev–Trinajstić information content (AvgIpc) is 2.75. The number of carboxylic acids is 1. The molecule has 1 aromatic carbocycles. The van der Waals surface area contributed by atoms with Gasteiger partial charge in [0.2, 0.25) is 0 Å². The first-order valence-electron chi connectivity index (χ1n) is 6.17. The van der Waals surface area contributed by atoms with Gasteiger partial charge in [-0.1, -0.05) is 6.07 Å². The molecule has 0 aromatic heterocycles. The Hall–Kier alpha value is -1.55. The van der Waals surface area contributed by atoms with Crippen LogP contribution in [0.25, 0.3) is 0 Å². The minimum atomic E-state index is -0.772. The molecule has 98 valence electrons. The van der Waals surface area contributed by atoms with E-state index >= 15 is 0 Å². The largest absolute Gasteiger partial charge is 0.507 e. The van der Waals surface area contributed by atoms with Gasteiger partial charge in [-0.25, -0.2) is 0 Å². The van der Waals surface area contributed by atoms with Crippen molar-refractivity contribution >= 4 is 5.97 Å². The lowest BCUT2D eigenvalue weighted by Crippen LogP contribution is -2.17. The first-order valence-corrected chi connectivity index (χ1v) is 6.17. The van der Waals surface area contributed by atoms with Gasteiger partial charge in [0.05, 0.1) is 5.92 Å². The van der Waals surface area contributed by atoms with Crippen LogP contribution < -0.4 is 5.32 Å². The van der Waals surface area contributed by atoms with Crippen molar-refractivity contribution in [1.29, 1.82) is 0 Å². The van der Waals surface area contributed by atoms with Gasteiger partial charge in [0.1, 0.15) is 5.75 Å². The fourth-order valence-electron chi connectivity index (χ4n) is 2.67. The maximum Gasteiger partial charge on any atom is 0.307 e. The molecule has 1 aromatic rings. The molecule has 1 saturated heterocycles. The normalized spacial score (nSPS) is 23.3. The quantitative estimate of drug-likeness (QED) is 0.750. The summed E-state index contributed by atoms with van der Waals surface area (Å²) in [4.78, 5) is 11.0. The van der Waals surface area contributed by atoms with Crippen molar-refractivity contribution in [3.8, 4) is 5.75 Å². The van der Waals surface area contributed by atoms with Gasteiger partial charge in [-0.15, -0.1) is 0 Å². The van der Waals surface area contributed by atoms with E-state index in [2.05, 4.69) is 5.32 Å². The Balaban J connectivity index is 2.36. The molecule has 0 aliphatic carbocycles. The van der Waals surface area contributed by atoms with Crippen LogP contribution in [0, 0.1) is 26.7 Å². The predicted octanol–water partition coefficient (Wildman–Crippen LogP) is 2.05. The van der Waals surface area contributed by atoms with Crippen molar-refractivity contribution in [2.45, 2.75) is 33.2 Å². The molecule has 1 heterocycles. The van der Waals surface area contributed by atoms with Gasteiger partial charge in [-0.3, -0.25) is 4.79 Å². The fourth-order valence-corrected chi connectivity index (χ4v) is 2.67. The Labute approximate surface area is 107 Å². The Morgan fingerprint density at radius 2 is 2.00 bits per heavy atom. The molecule has 1 fully saturated rings. The fraction of sp³-hybridized carbons (Fsp3) is 0.500. The molecule has 0 radical (unpaired) electrons. The number of aliphatic carboxylic acids is 1. The van der Waals surface area contributed by atoms with E-state index in [1.54, 1.807) is 0 Å². The summed E-state index contributed by atoms with van der Waals surface area (Å²) in [6.07, 6.45) is 0.534. The van der Waals surface area contributed by atoms with E-state index < -0.39 is 5.97 Å². The van der Waals surface area contributed by atoms with Gasteiger partial charge < -0.3 is 15.5 Å². The Kier molecular flexibility index (Phi) is 3.30. The van der Waals surface area contributed by atoms with Gasteiger partial charge in [0.25, 0.3) is 0 Å². The number of aromatic hydroxyl groups is 1. The van der Waals surface area contributed by atoms with E-state index in [0.717, 1.165) is 22.3 Å². The number of hydrogen-bond donors (Lipinski definition) is 3. The highest BCUT2D eigenvalue weighted by Crippen LogP contribution is 2.38. The molecule has 0 amide bonds. The van der Waals surface area contributed by atoms with Crippen LogP contribution in [0.1, 0.15) is 34.7 Å². The van der Waals surface area contributed by atoms with Gasteiger partial charge in [0, 0.05) is 18.2 Å². The number of benzene rings is 1. The Morgan fingerprint density at radius 3 is 2.56 bits per heavy atom. The van der Waals surface area contributed by atoms with Crippen molar-refractivity contribution in [2.24, 2.45) is 5.92 Å². The summed E-state index contributed by atoms with van der Waals surface area (Å²) in [6.45, 7) is 6.27. The van der Waals surface area contributed by atoms with Crippen LogP contribution in [0.5, 0.6) is 5.75 Å². The highest BCUT2D eigenvalue weighted by atomic mass is 16.4. The summed E-state index contributed by atoms with van der Waals surface area (Å²) in [5, 5.41) is 22.5. The van der Waals surface area contributed by atoms with E-state index in [0.29, 0.717) is 18.7 Å². The van der Waals surface area contributed by atoms with Crippen molar-refractivity contribution in [3.05, 3.63) is 28.3 Å². The molecule has 0 spiro atoms. The molecule has 1 aliphatic heterocycles. The van der Waals surface area contributed by atoms with Crippen LogP contribution in [0.4, 0.5) is 0 Å². The van der Waals surface area contributed by atoms with Crippen molar-refractivity contribution in [3.63, 3.8) is 0 Å². The summed E-state index contributed by atoms with van der Waals surface area (Å²) < 4.78 is 0. The molecule has 4 nitrogen and oxygen atoms in total. The van der Waals surface area contributed by atoms with Crippen molar-refractivity contribution in [2.75, 3.05) is 6.54 Å². The lowest BCUT2D eigenvalue weighted by atomic mass is 9.92. The zero-order valence-corrected chi connectivity index (χ0v) is 10.9. The van der Waals surface area contributed by atoms with Crippen LogP contribution in [0.3, 0.4) is 0 Å². The lowest BCUT2D eigenvalue weighted by molar-refractivity contribution is -0.141. The standard InChI is InChI=1S/C14H19NO3/c1-7-4-8(2)12(13(16)9(7)3)11-5-10(6-15-11)14(17)18/h4,10-11,15-16H,5-6H2,1-3H3,(H,17,18). The van der Waals surface area contributed by atoms with Gasteiger partial charge in [-0.2, -0.15) is 0 Å². The highest BCUT2D eigenvalue weighted by molar-refractivity contribution is 5.71. The Morgan fingerprint density at radius 1 is 1.33 bits per heavy atom. The molecule has 4 heteroatoms.